The van der Waals surface area contributed by atoms with Gasteiger partial charge in [-0.15, -0.1) is 0 Å². The van der Waals surface area contributed by atoms with Gasteiger partial charge in [0.15, 0.2) is 5.54 Å². The maximum atomic E-state index is 13.2. The van der Waals surface area contributed by atoms with Crippen LogP contribution in [0.3, 0.4) is 0 Å². The van der Waals surface area contributed by atoms with Crippen molar-refractivity contribution < 1.29 is 9.59 Å². The van der Waals surface area contributed by atoms with Gasteiger partial charge in [0.25, 0.3) is 5.91 Å². The molecule has 5 heteroatoms. The SMILES string of the molecule is CCN1C(=O)C(CN2CCCCC2)(NC(C)=O)c2ccccc21. The van der Waals surface area contributed by atoms with E-state index in [0.717, 1.165) is 37.2 Å². The number of likely N-dealkylation sites (N-methyl/N-ethyl adjacent to an activating group) is 1. The van der Waals surface area contributed by atoms with Crippen molar-refractivity contribution in [3.05, 3.63) is 29.8 Å². The molecule has 1 aromatic rings. The maximum absolute atomic E-state index is 13.2. The second kappa shape index (κ2) is 6.32. The Morgan fingerprint density at radius 3 is 2.57 bits per heavy atom. The number of rotatable bonds is 4. The lowest BCUT2D eigenvalue weighted by molar-refractivity contribution is -0.131. The van der Waals surface area contributed by atoms with Gasteiger partial charge < -0.3 is 15.1 Å². The molecule has 2 aliphatic rings. The van der Waals surface area contributed by atoms with Crippen LogP contribution in [0, 0.1) is 0 Å². The van der Waals surface area contributed by atoms with Crippen LogP contribution in [0.25, 0.3) is 0 Å². The number of para-hydroxylation sites is 1. The summed E-state index contributed by atoms with van der Waals surface area (Å²) in [6.07, 6.45) is 3.56. The van der Waals surface area contributed by atoms with Crippen molar-refractivity contribution in [1.82, 2.24) is 10.2 Å². The lowest BCUT2D eigenvalue weighted by Gasteiger charge is -2.36. The van der Waals surface area contributed by atoms with Gasteiger partial charge in [-0.25, -0.2) is 0 Å². The molecule has 1 N–H and O–H groups in total. The van der Waals surface area contributed by atoms with Crippen molar-refractivity contribution in [1.29, 1.82) is 0 Å². The fourth-order valence-electron chi connectivity index (χ4n) is 3.91. The molecule has 2 aliphatic heterocycles. The van der Waals surface area contributed by atoms with Gasteiger partial charge in [0.05, 0.1) is 0 Å². The quantitative estimate of drug-likeness (QED) is 0.923. The third kappa shape index (κ3) is 2.74. The Hall–Kier alpha value is -1.88. The minimum absolute atomic E-state index is 0.0121. The normalized spacial score (nSPS) is 24.6. The first-order valence-electron chi connectivity index (χ1n) is 8.51. The summed E-state index contributed by atoms with van der Waals surface area (Å²) < 4.78 is 0. The molecule has 2 amide bonds. The zero-order valence-corrected chi connectivity index (χ0v) is 14.0. The van der Waals surface area contributed by atoms with Gasteiger partial charge in [0.2, 0.25) is 5.91 Å². The number of amides is 2. The van der Waals surface area contributed by atoms with Crippen LogP contribution in [-0.2, 0) is 15.1 Å². The lowest BCUT2D eigenvalue weighted by Crippen LogP contribution is -2.59. The standard InChI is InChI=1S/C18H25N3O2/c1-3-21-16-10-6-5-9-15(16)18(17(21)23,19-14(2)22)13-20-11-7-4-8-12-20/h5-6,9-10H,3-4,7-8,11-13H2,1-2H3,(H,19,22). The third-order valence-electron chi connectivity index (χ3n) is 4.88. The average molecular weight is 315 g/mol. The van der Waals surface area contributed by atoms with Crippen molar-refractivity contribution in [2.45, 2.75) is 38.6 Å². The van der Waals surface area contributed by atoms with Gasteiger partial charge in [0, 0.05) is 31.3 Å². The molecule has 1 unspecified atom stereocenters. The first kappa shape index (κ1) is 16.0. The molecule has 0 spiro atoms. The summed E-state index contributed by atoms with van der Waals surface area (Å²) in [7, 11) is 0. The molecule has 5 nitrogen and oxygen atoms in total. The molecule has 1 aromatic carbocycles. The minimum atomic E-state index is -0.949. The molecule has 3 rings (SSSR count). The van der Waals surface area contributed by atoms with E-state index in [2.05, 4.69) is 10.2 Å². The largest absolute Gasteiger partial charge is 0.337 e. The van der Waals surface area contributed by atoms with Crippen molar-refractivity contribution in [3.63, 3.8) is 0 Å². The number of nitrogens with zero attached hydrogens (tertiary/aromatic N) is 2. The summed E-state index contributed by atoms with van der Waals surface area (Å²) in [6, 6.07) is 7.83. The number of benzene rings is 1. The number of likely N-dealkylation sites (tertiary alicyclic amines) is 1. The maximum Gasteiger partial charge on any atom is 0.258 e. The van der Waals surface area contributed by atoms with E-state index in [-0.39, 0.29) is 11.8 Å². The number of piperidine rings is 1. The number of fused-ring (bicyclic) bond motifs is 1. The number of nitrogens with one attached hydrogen (secondary N) is 1. The second-order valence-corrected chi connectivity index (χ2v) is 6.49. The molecule has 0 saturated carbocycles. The number of hydrogen-bond acceptors (Lipinski definition) is 3. The average Bonchev–Trinajstić information content (AvgIpc) is 2.77. The fourth-order valence-corrected chi connectivity index (χ4v) is 3.91. The van der Waals surface area contributed by atoms with Crippen LogP contribution in [0.4, 0.5) is 5.69 Å². The van der Waals surface area contributed by atoms with Gasteiger partial charge in [-0.2, -0.15) is 0 Å². The molecule has 2 heterocycles. The highest BCUT2D eigenvalue weighted by atomic mass is 16.2. The van der Waals surface area contributed by atoms with E-state index in [1.165, 1.54) is 13.3 Å². The summed E-state index contributed by atoms with van der Waals surface area (Å²) in [5, 5.41) is 3.00. The smallest absolute Gasteiger partial charge is 0.258 e. The van der Waals surface area contributed by atoms with Crippen LogP contribution >= 0.6 is 0 Å². The molecule has 124 valence electrons. The molecule has 1 saturated heterocycles. The molecule has 1 atom stereocenters. The molecular formula is C18H25N3O2. The third-order valence-corrected chi connectivity index (χ3v) is 4.88. The summed E-state index contributed by atoms with van der Waals surface area (Å²) in [4.78, 5) is 29.2. The Morgan fingerprint density at radius 1 is 1.22 bits per heavy atom. The summed E-state index contributed by atoms with van der Waals surface area (Å²) in [6.45, 7) is 6.60. The minimum Gasteiger partial charge on any atom is -0.337 e. The molecule has 1 fully saturated rings. The highest BCUT2D eigenvalue weighted by molar-refractivity contribution is 6.09. The van der Waals surface area contributed by atoms with Gasteiger partial charge in [-0.05, 0) is 38.9 Å². The highest BCUT2D eigenvalue weighted by Gasteiger charge is 2.51. The van der Waals surface area contributed by atoms with Crippen molar-refractivity contribution >= 4 is 17.5 Å². The van der Waals surface area contributed by atoms with Gasteiger partial charge in [-0.1, -0.05) is 24.6 Å². The van der Waals surface area contributed by atoms with Crippen LogP contribution in [0.1, 0.15) is 38.7 Å². The molecular weight excluding hydrogens is 290 g/mol. The van der Waals surface area contributed by atoms with E-state index < -0.39 is 5.54 Å². The molecule has 0 bridgehead atoms. The van der Waals surface area contributed by atoms with Gasteiger partial charge in [-0.3, -0.25) is 9.59 Å². The zero-order valence-electron chi connectivity index (χ0n) is 14.0. The van der Waals surface area contributed by atoms with E-state index in [1.54, 1.807) is 4.90 Å². The molecule has 23 heavy (non-hydrogen) atoms. The first-order chi connectivity index (χ1) is 11.1. The van der Waals surface area contributed by atoms with E-state index in [0.29, 0.717) is 13.1 Å². The number of anilines is 1. The Morgan fingerprint density at radius 2 is 1.91 bits per heavy atom. The first-order valence-corrected chi connectivity index (χ1v) is 8.51. The summed E-state index contributed by atoms with van der Waals surface area (Å²) in [5.74, 6) is -0.176. The number of carbonyl (C=O) groups excluding carboxylic acids is 2. The summed E-state index contributed by atoms with van der Waals surface area (Å²) in [5.41, 5.74) is 0.897. The molecule has 0 aromatic heterocycles. The monoisotopic (exact) mass is 315 g/mol. The summed E-state index contributed by atoms with van der Waals surface area (Å²) >= 11 is 0. The van der Waals surface area contributed by atoms with E-state index >= 15 is 0 Å². The number of hydrogen-bond donors (Lipinski definition) is 1. The Bertz CT molecular complexity index is 610. The highest BCUT2D eigenvalue weighted by Crippen LogP contribution is 2.41. The second-order valence-electron chi connectivity index (χ2n) is 6.49. The molecule has 0 radical (unpaired) electrons. The van der Waals surface area contributed by atoms with E-state index in [9.17, 15) is 9.59 Å². The van der Waals surface area contributed by atoms with Gasteiger partial charge in [0.1, 0.15) is 0 Å². The predicted octanol–water partition coefficient (Wildman–Crippen LogP) is 1.87. The zero-order chi connectivity index (χ0) is 16.4. The lowest BCUT2D eigenvalue weighted by atomic mass is 9.89. The Labute approximate surface area is 137 Å². The van der Waals surface area contributed by atoms with Crippen molar-refractivity contribution in [2.75, 3.05) is 31.1 Å². The van der Waals surface area contributed by atoms with E-state index in [4.69, 9.17) is 0 Å². The van der Waals surface area contributed by atoms with Crippen molar-refractivity contribution in [2.24, 2.45) is 0 Å². The molecule has 0 aliphatic carbocycles. The van der Waals surface area contributed by atoms with Gasteiger partial charge >= 0.3 is 0 Å². The predicted molar refractivity (Wildman–Crippen MR) is 90.3 cm³/mol. The van der Waals surface area contributed by atoms with Crippen molar-refractivity contribution in [3.8, 4) is 0 Å². The Kier molecular flexibility index (Phi) is 4.39. The van der Waals surface area contributed by atoms with Crippen LogP contribution in [0.5, 0.6) is 0 Å². The van der Waals surface area contributed by atoms with E-state index in [1.807, 2.05) is 31.2 Å². The van der Waals surface area contributed by atoms with Crippen LogP contribution < -0.4 is 10.2 Å². The fraction of sp³-hybridized carbons (Fsp3) is 0.556. The van der Waals surface area contributed by atoms with Crippen LogP contribution in [-0.4, -0.2) is 42.9 Å². The van der Waals surface area contributed by atoms with Crippen LogP contribution in [0.15, 0.2) is 24.3 Å². The van der Waals surface area contributed by atoms with Crippen LogP contribution in [0.2, 0.25) is 0 Å². The topological polar surface area (TPSA) is 52.7 Å². The number of carbonyl (C=O) groups is 2. The Balaban J connectivity index is 2.03.